The van der Waals surface area contributed by atoms with E-state index in [0.717, 1.165) is 32.1 Å². The molecule has 0 fully saturated rings. The number of carbonyl (C=O) groups is 1. The molecule has 3 nitrogen and oxygen atoms in total. The van der Waals surface area contributed by atoms with E-state index in [1.54, 1.807) is 0 Å². The van der Waals surface area contributed by atoms with E-state index < -0.39 is 5.97 Å². The van der Waals surface area contributed by atoms with Gasteiger partial charge in [-0.05, 0) is 25.8 Å². The van der Waals surface area contributed by atoms with E-state index in [2.05, 4.69) is 6.92 Å². The molecule has 3 heteroatoms. The summed E-state index contributed by atoms with van der Waals surface area (Å²) in [7, 11) is 0. The van der Waals surface area contributed by atoms with Crippen molar-refractivity contribution >= 4 is 5.97 Å². The SMILES string of the molecule is CCCCCCC(CCCN)C(=O)O. The minimum absolute atomic E-state index is 0.171. The fourth-order valence-corrected chi connectivity index (χ4v) is 1.57. The summed E-state index contributed by atoms with van der Waals surface area (Å²) in [6.07, 6.45) is 6.97. The lowest BCUT2D eigenvalue weighted by atomic mass is 9.96. The smallest absolute Gasteiger partial charge is 0.306 e. The third-order valence-electron chi connectivity index (χ3n) is 2.51. The molecule has 0 aromatic rings. The summed E-state index contributed by atoms with van der Waals surface area (Å²) in [5.74, 6) is -0.828. The standard InChI is InChI=1S/C11H23NO2/c1-2-3-4-5-7-10(11(13)14)8-6-9-12/h10H,2-9,12H2,1H3,(H,13,14). The minimum atomic E-state index is -0.657. The minimum Gasteiger partial charge on any atom is -0.481 e. The van der Waals surface area contributed by atoms with Crippen molar-refractivity contribution in [2.45, 2.75) is 51.9 Å². The summed E-state index contributed by atoms with van der Waals surface area (Å²) in [5.41, 5.74) is 5.36. The summed E-state index contributed by atoms with van der Waals surface area (Å²) < 4.78 is 0. The fourth-order valence-electron chi connectivity index (χ4n) is 1.57. The lowest BCUT2D eigenvalue weighted by molar-refractivity contribution is -0.142. The Morgan fingerprint density at radius 2 is 1.86 bits per heavy atom. The highest BCUT2D eigenvalue weighted by molar-refractivity contribution is 5.69. The van der Waals surface area contributed by atoms with Crippen LogP contribution in [0.3, 0.4) is 0 Å². The number of nitrogens with two attached hydrogens (primary N) is 1. The number of carboxylic acid groups (broad SMARTS) is 1. The molecule has 1 unspecified atom stereocenters. The second-order valence-electron chi connectivity index (χ2n) is 3.82. The molecular formula is C11H23NO2. The first-order chi connectivity index (χ1) is 6.72. The van der Waals surface area contributed by atoms with Gasteiger partial charge in [-0.2, -0.15) is 0 Å². The second-order valence-corrected chi connectivity index (χ2v) is 3.82. The van der Waals surface area contributed by atoms with Crippen molar-refractivity contribution in [2.24, 2.45) is 11.7 Å². The second kappa shape index (κ2) is 9.00. The van der Waals surface area contributed by atoms with E-state index >= 15 is 0 Å². The van der Waals surface area contributed by atoms with E-state index in [9.17, 15) is 4.79 Å². The van der Waals surface area contributed by atoms with Crippen LogP contribution in [-0.2, 0) is 4.79 Å². The van der Waals surface area contributed by atoms with Crippen LogP contribution in [0.2, 0.25) is 0 Å². The zero-order valence-electron chi connectivity index (χ0n) is 9.17. The van der Waals surface area contributed by atoms with Crippen molar-refractivity contribution in [3.8, 4) is 0 Å². The van der Waals surface area contributed by atoms with Crippen LogP contribution in [0.15, 0.2) is 0 Å². The highest BCUT2D eigenvalue weighted by Gasteiger charge is 2.15. The first-order valence-electron chi connectivity index (χ1n) is 5.65. The van der Waals surface area contributed by atoms with Gasteiger partial charge in [0.15, 0.2) is 0 Å². The topological polar surface area (TPSA) is 63.3 Å². The zero-order chi connectivity index (χ0) is 10.8. The molecule has 1 atom stereocenters. The van der Waals surface area contributed by atoms with Crippen LogP contribution in [0.4, 0.5) is 0 Å². The summed E-state index contributed by atoms with van der Waals surface area (Å²) >= 11 is 0. The molecule has 0 aromatic heterocycles. The lowest BCUT2D eigenvalue weighted by Gasteiger charge is -2.10. The number of hydrogen-bond donors (Lipinski definition) is 2. The van der Waals surface area contributed by atoms with Gasteiger partial charge in [0, 0.05) is 0 Å². The van der Waals surface area contributed by atoms with E-state index in [1.807, 2.05) is 0 Å². The van der Waals surface area contributed by atoms with Crippen LogP contribution in [0.25, 0.3) is 0 Å². The summed E-state index contributed by atoms with van der Waals surface area (Å²) in [6, 6.07) is 0. The molecule has 0 amide bonds. The van der Waals surface area contributed by atoms with Gasteiger partial charge in [-0.15, -0.1) is 0 Å². The van der Waals surface area contributed by atoms with Crippen molar-refractivity contribution in [2.75, 3.05) is 6.54 Å². The molecule has 14 heavy (non-hydrogen) atoms. The quantitative estimate of drug-likeness (QED) is 0.563. The van der Waals surface area contributed by atoms with E-state index in [1.165, 1.54) is 12.8 Å². The number of hydrogen-bond acceptors (Lipinski definition) is 2. The Kier molecular flexibility index (Phi) is 8.64. The van der Waals surface area contributed by atoms with Gasteiger partial charge in [0.2, 0.25) is 0 Å². The predicted molar refractivity (Wildman–Crippen MR) is 58.2 cm³/mol. The van der Waals surface area contributed by atoms with Crippen LogP contribution < -0.4 is 5.73 Å². The van der Waals surface area contributed by atoms with Gasteiger partial charge in [-0.25, -0.2) is 0 Å². The molecule has 0 aliphatic heterocycles. The monoisotopic (exact) mass is 201 g/mol. The van der Waals surface area contributed by atoms with Gasteiger partial charge in [0.1, 0.15) is 0 Å². The van der Waals surface area contributed by atoms with Crippen molar-refractivity contribution in [1.29, 1.82) is 0 Å². The van der Waals surface area contributed by atoms with Crippen molar-refractivity contribution < 1.29 is 9.90 Å². The van der Waals surface area contributed by atoms with E-state index in [-0.39, 0.29) is 5.92 Å². The molecule has 0 bridgehead atoms. The molecule has 0 spiro atoms. The molecule has 0 aliphatic carbocycles. The van der Waals surface area contributed by atoms with Crippen LogP contribution in [0.5, 0.6) is 0 Å². The number of unbranched alkanes of at least 4 members (excludes halogenated alkanes) is 3. The van der Waals surface area contributed by atoms with Gasteiger partial charge >= 0.3 is 5.97 Å². The predicted octanol–water partition coefficient (Wildman–Crippen LogP) is 2.40. The maximum atomic E-state index is 10.8. The highest BCUT2D eigenvalue weighted by atomic mass is 16.4. The van der Waals surface area contributed by atoms with Crippen LogP contribution >= 0.6 is 0 Å². The van der Waals surface area contributed by atoms with Crippen LogP contribution in [-0.4, -0.2) is 17.6 Å². The molecule has 84 valence electrons. The third kappa shape index (κ3) is 6.89. The molecule has 0 rings (SSSR count). The van der Waals surface area contributed by atoms with Gasteiger partial charge in [-0.1, -0.05) is 32.6 Å². The average molecular weight is 201 g/mol. The fraction of sp³-hybridized carbons (Fsp3) is 0.909. The first-order valence-corrected chi connectivity index (χ1v) is 5.65. The van der Waals surface area contributed by atoms with E-state index in [4.69, 9.17) is 10.8 Å². The van der Waals surface area contributed by atoms with Crippen molar-refractivity contribution in [1.82, 2.24) is 0 Å². The maximum absolute atomic E-state index is 10.8. The molecule has 3 N–H and O–H groups in total. The molecule has 0 aliphatic rings. The normalized spacial score (nSPS) is 12.7. The number of rotatable bonds is 9. The Bertz CT molecular complexity index is 148. The highest BCUT2D eigenvalue weighted by Crippen LogP contribution is 2.16. The molecule has 0 saturated heterocycles. The summed E-state index contributed by atoms with van der Waals surface area (Å²) in [6.45, 7) is 2.75. The van der Waals surface area contributed by atoms with Crippen LogP contribution in [0, 0.1) is 5.92 Å². The van der Waals surface area contributed by atoms with Crippen molar-refractivity contribution in [3.63, 3.8) is 0 Å². The first kappa shape index (κ1) is 13.4. The Morgan fingerprint density at radius 3 is 2.36 bits per heavy atom. The van der Waals surface area contributed by atoms with Gasteiger partial charge in [-0.3, -0.25) is 4.79 Å². The Balaban J connectivity index is 3.57. The Hall–Kier alpha value is -0.570. The van der Waals surface area contributed by atoms with Crippen LogP contribution in [0.1, 0.15) is 51.9 Å². The average Bonchev–Trinajstić information content (AvgIpc) is 2.16. The Labute approximate surface area is 86.7 Å². The molecule has 0 aromatic carbocycles. The van der Waals surface area contributed by atoms with E-state index in [0.29, 0.717) is 6.54 Å². The number of carboxylic acids is 1. The molecule has 0 saturated carbocycles. The molecule has 0 radical (unpaired) electrons. The molecular weight excluding hydrogens is 178 g/mol. The largest absolute Gasteiger partial charge is 0.481 e. The Morgan fingerprint density at radius 1 is 1.21 bits per heavy atom. The summed E-state index contributed by atoms with van der Waals surface area (Å²) in [5, 5.41) is 8.92. The lowest BCUT2D eigenvalue weighted by Crippen LogP contribution is -2.15. The van der Waals surface area contributed by atoms with Gasteiger partial charge < -0.3 is 10.8 Å². The maximum Gasteiger partial charge on any atom is 0.306 e. The molecule has 0 heterocycles. The third-order valence-corrected chi connectivity index (χ3v) is 2.51. The van der Waals surface area contributed by atoms with Crippen molar-refractivity contribution in [3.05, 3.63) is 0 Å². The summed E-state index contributed by atoms with van der Waals surface area (Å²) in [4.78, 5) is 10.8. The van der Waals surface area contributed by atoms with Gasteiger partial charge in [0.05, 0.1) is 5.92 Å². The number of aliphatic carboxylic acids is 1. The van der Waals surface area contributed by atoms with Gasteiger partial charge in [0.25, 0.3) is 0 Å². The zero-order valence-corrected chi connectivity index (χ0v) is 9.17.